The topological polar surface area (TPSA) is 0 Å². The van der Waals surface area contributed by atoms with Gasteiger partial charge in [-0.25, -0.2) is 7.92 Å². The number of rotatable bonds is 7. The standard InChI is InChI=1S/C26H23P2.2ClH.Pd/c1-5-13-23(14-6-1)27(24-15-7-2-8-16-24)21-22-28(25-17-9-3-10-18-25)26-19-11-4-12-20-26;;;/h1-21H,22H2;2*1H;/q-1;;;+2/p-2. The maximum Gasteiger partial charge on any atom is -0.0220 e. The van der Waals surface area contributed by atoms with Crippen LogP contribution in [-0.4, -0.2) is 6.16 Å². The van der Waals surface area contributed by atoms with Crippen LogP contribution in [0.3, 0.4) is 0 Å². The summed E-state index contributed by atoms with van der Waals surface area (Å²) in [5, 5.41) is 5.71. The van der Waals surface area contributed by atoms with Crippen molar-refractivity contribution in [2.75, 3.05) is 6.16 Å². The Morgan fingerprint density at radius 2 is 0.806 bits per heavy atom. The van der Waals surface area contributed by atoms with Crippen LogP contribution in [-0.2, 0) is 15.9 Å². The van der Waals surface area contributed by atoms with Gasteiger partial charge in [0, 0.05) is 0 Å². The van der Waals surface area contributed by atoms with E-state index in [0.29, 0.717) is 0 Å². The van der Waals surface area contributed by atoms with Gasteiger partial charge in [0.2, 0.25) is 0 Å². The first-order chi connectivity index (χ1) is 15.3. The molecule has 0 spiro atoms. The fraction of sp³-hybridized carbons (Fsp3) is 0.0385. The van der Waals surface area contributed by atoms with Gasteiger partial charge in [0.15, 0.2) is 0 Å². The third-order valence-corrected chi connectivity index (χ3v) is 9.59. The van der Waals surface area contributed by atoms with Crippen molar-refractivity contribution in [1.29, 1.82) is 0 Å². The van der Waals surface area contributed by atoms with Gasteiger partial charge < -0.3 is 0 Å². The second-order valence-electron chi connectivity index (χ2n) is 6.55. The summed E-state index contributed by atoms with van der Waals surface area (Å²) in [6.45, 7) is 0. The van der Waals surface area contributed by atoms with Gasteiger partial charge in [-0.3, -0.25) is 6.16 Å². The van der Waals surface area contributed by atoms with E-state index in [9.17, 15) is 0 Å². The Hall–Kier alpha value is -1.02. The predicted molar refractivity (Wildman–Crippen MR) is 139 cm³/mol. The van der Waals surface area contributed by atoms with Crippen molar-refractivity contribution >= 4 is 56.1 Å². The van der Waals surface area contributed by atoms with Crippen LogP contribution in [0, 0.1) is 6.16 Å². The van der Waals surface area contributed by atoms with E-state index in [-0.39, 0.29) is 15.9 Å². The number of hydrogen-bond acceptors (Lipinski definition) is 0. The third-order valence-electron chi connectivity index (χ3n) is 4.65. The van der Waals surface area contributed by atoms with Crippen LogP contribution in [0.4, 0.5) is 0 Å². The van der Waals surface area contributed by atoms with E-state index in [0.717, 1.165) is 6.16 Å². The van der Waals surface area contributed by atoms with E-state index < -0.39 is 15.8 Å². The number of halogens is 2. The molecule has 4 aromatic carbocycles. The van der Waals surface area contributed by atoms with Crippen LogP contribution >= 0.6 is 34.9 Å². The minimum Gasteiger partial charge on any atom is -0.289 e. The Morgan fingerprint density at radius 3 is 1.13 bits per heavy atom. The first-order valence-corrected chi connectivity index (χ1v) is 16.7. The zero-order chi connectivity index (χ0) is 21.7. The molecule has 0 saturated carbocycles. The first-order valence-electron chi connectivity index (χ1n) is 9.76. The summed E-state index contributed by atoms with van der Waals surface area (Å²) in [7, 11) is 8.75. The van der Waals surface area contributed by atoms with Gasteiger partial charge in [-0.05, 0) is 10.6 Å². The second kappa shape index (κ2) is 14.2. The van der Waals surface area contributed by atoms with Crippen molar-refractivity contribution in [2.45, 2.75) is 0 Å². The van der Waals surface area contributed by atoms with Crippen molar-refractivity contribution in [2.24, 2.45) is 0 Å². The fourth-order valence-corrected chi connectivity index (χ4v) is 8.07. The molecule has 0 heterocycles. The molecule has 0 atom stereocenters. The average Bonchev–Trinajstić information content (AvgIpc) is 2.85. The van der Waals surface area contributed by atoms with E-state index in [4.69, 9.17) is 19.1 Å². The monoisotopic (exact) mass is 573 g/mol. The normalized spacial score (nSPS) is 10.7. The van der Waals surface area contributed by atoms with Crippen LogP contribution < -0.4 is 21.2 Å². The van der Waals surface area contributed by atoms with Gasteiger partial charge in [-0.15, -0.1) is 6.16 Å². The summed E-state index contributed by atoms with van der Waals surface area (Å²) in [4.78, 5) is 0. The predicted octanol–water partition coefficient (Wildman–Crippen LogP) is 6.79. The molecule has 0 unspecified atom stereocenters. The molecule has 0 aromatic heterocycles. The largest absolute Gasteiger partial charge is 0.289 e. The molecule has 0 nitrogen and oxygen atoms in total. The molecule has 0 saturated heterocycles. The van der Waals surface area contributed by atoms with Crippen LogP contribution in [0.15, 0.2) is 121 Å². The summed E-state index contributed by atoms with van der Waals surface area (Å²) >= 11 is -0.106. The molecule has 0 radical (unpaired) electrons. The molecule has 0 aliphatic carbocycles. The summed E-state index contributed by atoms with van der Waals surface area (Å²) < 4.78 is 0. The van der Waals surface area contributed by atoms with Crippen molar-refractivity contribution in [3.63, 3.8) is 0 Å². The first kappa shape index (κ1) is 24.6. The van der Waals surface area contributed by atoms with E-state index >= 15 is 0 Å². The Balaban J connectivity index is 0.000000858. The zero-order valence-electron chi connectivity index (χ0n) is 16.8. The van der Waals surface area contributed by atoms with Crippen molar-refractivity contribution < 1.29 is 15.9 Å². The molecule has 0 aliphatic heterocycles. The van der Waals surface area contributed by atoms with Gasteiger partial charge >= 0.3 is 35.0 Å². The van der Waals surface area contributed by atoms with Gasteiger partial charge in [-0.2, -0.15) is 0 Å². The van der Waals surface area contributed by atoms with E-state index in [2.05, 4.69) is 127 Å². The fourth-order valence-electron chi connectivity index (χ4n) is 3.28. The Kier molecular flexibility index (Phi) is 11.3. The molecule has 0 bridgehead atoms. The van der Waals surface area contributed by atoms with Crippen molar-refractivity contribution in [1.82, 2.24) is 0 Å². The Morgan fingerprint density at radius 1 is 0.516 bits per heavy atom. The minimum absolute atomic E-state index is 0.106. The van der Waals surface area contributed by atoms with Crippen LogP contribution in [0.25, 0.3) is 0 Å². The van der Waals surface area contributed by atoms with Crippen LogP contribution in [0.1, 0.15) is 0 Å². The number of benzene rings is 4. The molecule has 0 fully saturated rings. The molecule has 4 aromatic rings. The molecule has 5 heteroatoms. The average molecular weight is 575 g/mol. The van der Waals surface area contributed by atoms with Crippen molar-refractivity contribution in [3.8, 4) is 0 Å². The second-order valence-corrected chi connectivity index (χ2v) is 13.3. The van der Waals surface area contributed by atoms with E-state index in [1.54, 1.807) is 0 Å². The molecular weight excluding hydrogens is 552 g/mol. The zero-order valence-corrected chi connectivity index (χ0v) is 21.7. The SMILES string of the molecule is [Cl][Pd][Cl].c1ccc(P([CH-]CP(c2ccccc2)c2ccccc2)c2ccccc2)cc1. The molecule has 162 valence electrons. The van der Waals surface area contributed by atoms with E-state index in [1.807, 2.05) is 0 Å². The minimum atomic E-state index is -0.473. The van der Waals surface area contributed by atoms with E-state index in [1.165, 1.54) is 21.2 Å². The molecular formula is C26H23Cl2P2Pd-. The maximum absolute atomic E-state index is 4.81. The quantitative estimate of drug-likeness (QED) is 0.130. The van der Waals surface area contributed by atoms with Gasteiger partial charge in [-0.1, -0.05) is 140 Å². The molecule has 0 amide bonds. The molecule has 4 rings (SSSR count). The van der Waals surface area contributed by atoms with Gasteiger partial charge in [0.25, 0.3) is 0 Å². The molecule has 31 heavy (non-hydrogen) atoms. The molecule has 0 aliphatic rings. The van der Waals surface area contributed by atoms with Crippen molar-refractivity contribution in [3.05, 3.63) is 127 Å². The van der Waals surface area contributed by atoms with Gasteiger partial charge in [0.1, 0.15) is 0 Å². The summed E-state index contributed by atoms with van der Waals surface area (Å²) in [6, 6.07) is 43.8. The van der Waals surface area contributed by atoms with Gasteiger partial charge in [0.05, 0.1) is 0 Å². The summed E-state index contributed by atoms with van der Waals surface area (Å²) in [5.74, 6) is 0. The smallest absolute Gasteiger partial charge is 0.0220 e. The van der Waals surface area contributed by atoms with Crippen LogP contribution in [0.2, 0.25) is 0 Å². The maximum atomic E-state index is 4.81. The molecule has 0 N–H and O–H groups in total. The summed E-state index contributed by atoms with van der Waals surface area (Å²) in [6.07, 6.45) is 3.66. The summed E-state index contributed by atoms with van der Waals surface area (Å²) in [5.41, 5.74) is 0. The number of hydrogen-bond donors (Lipinski definition) is 0. The Labute approximate surface area is 204 Å². The van der Waals surface area contributed by atoms with Crippen LogP contribution in [0.5, 0.6) is 0 Å². The third kappa shape index (κ3) is 7.81. The Bertz CT molecular complexity index is 825.